The molecular formula is C19H26N4O. The van der Waals surface area contributed by atoms with Crippen LogP contribution in [0.5, 0.6) is 0 Å². The number of rotatable bonds is 5. The normalized spacial score (nSPS) is 17.0. The van der Waals surface area contributed by atoms with Crippen molar-refractivity contribution in [2.24, 2.45) is 0 Å². The fourth-order valence-electron chi connectivity index (χ4n) is 3.26. The Morgan fingerprint density at radius 3 is 2.46 bits per heavy atom. The van der Waals surface area contributed by atoms with Crippen LogP contribution < -0.4 is 0 Å². The van der Waals surface area contributed by atoms with Gasteiger partial charge in [0.2, 0.25) is 0 Å². The highest BCUT2D eigenvalue weighted by Crippen LogP contribution is 2.24. The first-order chi connectivity index (χ1) is 11.7. The lowest BCUT2D eigenvalue weighted by atomic mass is 10.0. The molecule has 1 aliphatic rings. The van der Waals surface area contributed by atoms with Crippen LogP contribution in [-0.2, 0) is 0 Å². The maximum Gasteiger partial charge on any atom is 0.253 e. The predicted octanol–water partition coefficient (Wildman–Crippen LogP) is 2.66. The quantitative estimate of drug-likeness (QED) is 0.848. The van der Waals surface area contributed by atoms with Gasteiger partial charge in [-0.3, -0.25) is 4.79 Å². The number of benzene rings is 1. The monoisotopic (exact) mass is 326 g/mol. The Hall–Kier alpha value is -2.14. The number of amides is 1. The topological polar surface area (TPSA) is 41.4 Å². The standard InChI is InChI=1S/C19H26N4O/c1-3-4-18(23-10-9-20-15-23)16-5-7-17(8-6-16)19(24)22-13-11-21(2)12-14-22/h5-10,15,18H,3-4,11-14H2,1-2H3. The second-order valence-corrected chi connectivity index (χ2v) is 6.53. The Kier molecular flexibility index (Phi) is 5.30. The zero-order valence-electron chi connectivity index (χ0n) is 14.6. The molecule has 5 nitrogen and oxygen atoms in total. The molecule has 1 amide bonds. The van der Waals surface area contributed by atoms with Gasteiger partial charge in [0, 0.05) is 44.1 Å². The lowest BCUT2D eigenvalue weighted by Gasteiger charge is -2.32. The largest absolute Gasteiger partial charge is 0.336 e. The molecule has 5 heteroatoms. The zero-order valence-corrected chi connectivity index (χ0v) is 14.6. The Morgan fingerprint density at radius 1 is 1.17 bits per heavy atom. The third kappa shape index (κ3) is 3.67. The number of carbonyl (C=O) groups is 1. The Labute approximate surface area is 143 Å². The minimum Gasteiger partial charge on any atom is -0.336 e. The molecule has 3 rings (SSSR count). The average molecular weight is 326 g/mol. The number of piperazine rings is 1. The van der Waals surface area contributed by atoms with Crippen molar-refractivity contribution >= 4 is 5.91 Å². The van der Waals surface area contributed by atoms with Gasteiger partial charge in [0.15, 0.2) is 0 Å². The van der Waals surface area contributed by atoms with Crippen LogP contribution in [0, 0.1) is 0 Å². The molecule has 0 N–H and O–H groups in total. The number of imidazole rings is 1. The van der Waals surface area contributed by atoms with Gasteiger partial charge in [-0.1, -0.05) is 25.5 Å². The molecule has 2 heterocycles. The molecule has 0 saturated carbocycles. The molecule has 1 unspecified atom stereocenters. The van der Waals surface area contributed by atoms with Crippen molar-refractivity contribution in [3.8, 4) is 0 Å². The van der Waals surface area contributed by atoms with Gasteiger partial charge >= 0.3 is 0 Å². The van der Waals surface area contributed by atoms with E-state index in [0.717, 1.165) is 44.6 Å². The van der Waals surface area contributed by atoms with E-state index in [4.69, 9.17) is 0 Å². The lowest BCUT2D eigenvalue weighted by molar-refractivity contribution is 0.0664. The molecule has 24 heavy (non-hydrogen) atoms. The van der Waals surface area contributed by atoms with Crippen LogP contribution in [0.1, 0.15) is 41.7 Å². The van der Waals surface area contributed by atoms with Crippen molar-refractivity contribution in [3.63, 3.8) is 0 Å². The lowest BCUT2D eigenvalue weighted by Crippen LogP contribution is -2.47. The van der Waals surface area contributed by atoms with E-state index in [0.29, 0.717) is 0 Å². The fraction of sp³-hybridized carbons (Fsp3) is 0.474. The molecular weight excluding hydrogens is 300 g/mol. The van der Waals surface area contributed by atoms with E-state index in [-0.39, 0.29) is 11.9 Å². The number of hydrogen-bond acceptors (Lipinski definition) is 3. The molecule has 1 aromatic heterocycles. The molecule has 0 radical (unpaired) electrons. The van der Waals surface area contributed by atoms with Gasteiger partial charge in [0.05, 0.1) is 12.4 Å². The first kappa shape index (κ1) is 16.7. The van der Waals surface area contributed by atoms with Gasteiger partial charge in [-0.25, -0.2) is 4.98 Å². The Balaban J connectivity index is 1.73. The van der Waals surface area contributed by atoms with Gasteiger partial charge in [-0.15, -0.1) is 0 Å². The highest BCUT2D eigenvalue weighted by molar-refractivity contribution is 5.94. The summed E-state index contributed by atoms with van der Waals surface area (Å²) in [5.41, 5.74) is 2.01. The smallest absolute Gasteiger partial charge is 0.253 e. The summed E-state index contributed by atoms with van der Waals surface area (Å²) >= 11 is 0. The van der Waals surface area contributed by atoms with E-state index in [9.17, 15) is 4.79 Å². The molecule has 0 aliphatic carbocycles. The average Bonchev–Trinajstić information content (AvgIpc) is 3.14. The van der Waals surface area contributed by atoms with Crippen molar-refractivity contribution in [3.05, 3.63) is 54.1 Å². The fourth-order valence-corrected chi connectivity index (χ4v) is 3.26. The van der Waals surface area contributed by atoms with E-state index in [1.807, 2.05) is 35.8 Å². The maximum absolute atomic E-state index is 12.6. The Bertz CT molecular complexity index is 643. The minimum absolute atomic E-state index is 0.143. The molecule has 128 valence electrons. The SMILES string of the molecule is CCCC(c1ccc(C(=O)N2CCN(C)CC2)cc1)n1ccnc1. The number of likely N-dealkylation sites (N-methyl/N-ethyl adjacent to an activating group) is 1. The van der Waals surface area contributed by atoms with E-state index < -0.39 is 0 Å². The van der Waals surface area contributed by atoms with E-state index in [1.165, 1.54) is 5.56 Å². The third-order valence-electron chi connectivity index (χ3n) is 4.78. The van der Waals surface area contributed by atoms with Crippen molar-refractivity contribution in [1.29, 1.82) is 0 Å². The first-order valence-corrected chi connectivity index (χ1v) is 8.74. The molecule has 0 spiro atoms. The van der Waals surface area contributed by atoms with Crippen molar-refractivity contribution < 1.29 is 4.79 Å². The number of hydrogen-bond donors (Lipinski definition) is 0. The number of nitrogens with zero attached hydrogens (tertiary/aromatic N) is 4. The summed E-state index contributed by atoms with van der Waals surface area (Å²) in [6.45, 7) is 5.70. The van der Waals surface area contributed by atoms with Gasteiger partial charge < -0.3 is 14.4 Å². The van der Waals surface area contributed by atoms with Crippen molar-refractivity contribution in [1.82, 2.24) is 19.4 Å². The molecule has 1 atom stereocenters. The van der Waals surface area contributed by atoms with Crippen molar-refractivity contribution in [2.75, 3.05) is 33.2 Å². The second kappa shape index (κ2) is 7.62. The predicted molar refractivity (Wildman–Crippen MR) is 95.1 cm³/mol. The van der Waals surface area contributed by atoms with Gasteiger partial charge in [-0.2, -0.15) is 0 Å². The van der Waals surface area contributed by atoms with Crippen molar-refractivity contribution in [2.45, 2.75) is 25.8 Å². The van der Waals surface area contributed by atoms with Crippen LogP contribution in [0.25, 0.3) is 0 Å². The van der Waals surface area contributed by atoms with Gasteiger partial charge in [-0.05, 0) is 31.2 Å². The minimum atomic E-state index is 0.143. The van der Waals surface area contributed by atoms with Crippen LogP contribution in [0.15, 0.2) is 43.0 Å². The maximum atomic E-state index is 12.6. The van der Waals surface area contributed by atoms with Crippen LogP contribution in [0.3, 0.4) is 0 Å². The number of carbonyl (C=O) groups excluding carboxylic acids is 1. The summed E-state index contributed by atoms with van der Waals surface area (Å²) in [6.07, 6.45) is 7.84. The first-order valence-electron chi connectivity index (χ1n) is 8.74. The van der Waals surface area contributed by atoms with Gasteiger partial charge in [0.1, 0.15) is 0 Å². The van der Waals surface area contributed by atoms with E-state index >= 15 is 0 Å². The molecule has 1 fully saturated rings. The van der Waals surface area contributed by atoms with Crippen LogP contribution >= 0.6 is 0 Å². The highest BCUT2D eigenvalue weighted by atomic mass is 16.2. The molecule has 0 bridgehead atoms. The summed E-state index contributed by atoms with van der Waals surface area (Å²) < 4.78 is 2.14. The van der Waals surface area contributed by atoms with Gasteiger partial charge in [0.25, 0.3) is 5.91 Å². The zero-order chi connectivity index (χ0) is 16.9. The van der Waals surface area contributed by atoms with E-state index in [1.54, 1.807) is 0 Å². The molecule has 1 aliphatic heterocycles. The second-order valence-electron chi connectivity index (χ2n) is 6.53. The molecule has 2 aromatic rings. The highest BCUT2D eigenvalue weighted by Gasteiger charge is 2.20. The molecule has 1 saturated heterocycles. The van der Waals surface area contributed by atoms with Crippen LogP contribution in [-0.4, -0.2) is 58.5 Å². The van der Waals surface area contributed by atoms with Crippen LogP contribution in [0.2, 0.25) is 0 Å². The molecule has 1 aromatic carbocycles. The van der Waals surface area contributed by atoms with Crippen LogP contribution in [0.4, 0.5) is 0 Å². The Morgan fingerprint density at radius 2 is 1.88 bits per heavy atom. The third-order valence-corrected chi connectivity index (χ3v) is 4.78. The summed E-state index contributed by atoms with van der Waals surface area (Å²) in [6, 6.07) is 8.39. The summed E-state index contributed by atoms with van der Waals surface area (Å²) in [4.78, 5) is 21.0. The summed E-state index contributed by atoms with van der Waals surface area (Å²) in [5.74, 6) is 0.143. The number of aromatic nitrogens is 2. The summed E-state index contributed by atoms with van der Waals surface area (Å²) in [5, 5.41) is 0. The van der Waals surface area contributed by atoms with E-state index in [2.05, 4.69) is 40.6 Å². The summed E-state index contributed by atoms with van der Waals surface area (Å²) in [7, 11) is 2.10.